The van der Waals surface area contributed by atoms with Crippen molar-refractivity contribution < 1.29 is 19.0 Å². The fourth-order valence-corrected chi connectivity index (χ4v) is 4.23. The first kappa shape index (κ1) is 19.3. The maximum atomic E-state index is 12.2. The number of aryl methyl sites for hydroxylation is 1. The zero-order chi connectivity index (χ0) is 20.5. The highest BCUT2D eigenvalue weighted by molar-refractivity contribution is 5.84. The average molecular weight is 395 g/mol. The molecule has 0 aliphatic carbocycles. The minimum absolute atomic E-state index is 0.125. The van der Waals surface area contributed by atoms with E-state index in [1.54, 1.807) is 33.3 Å². The van der Waals surface area contributed by atoms with Gasteiger partial charge in [-0.25, -0.2) is 4.79 Å². The molecule has 0 radical (unpaired) electrons. The maximum absolute atomic E-state index is 12.2. The van der Waals surface area contributed by atoms with Crippen molar-refractivity contribution in [2.24, 2.45) is 0 Å². The number of hydrogen-bond donors (Lipinski definition) is 1. The van der Waals surface area contributed by atoms with E-state index in [1.807, 2.05) is 18.2 Å². The van der Waals surface area contributed by atoms with Crippen LogP contribution < -0.4 is 15.1 Å². The Kier molecular flexibility index (Phi) is 5.20. The van der Waals surface area contributed by atoms with Gasteiger partial charge >= 0.3 is 5.63 Å². The molecule has 0 amide bonds. The lowest BCUT2D eigenvalue weighted by Gasteiger charge is -2.27. The largest absolute Gasteiger partial charge is 0.508 e. The average Bonchev–Trinajstić information content (AvgIpc) is 3.18. The van der Waals surface area contributed by atoms with Crippen LogP contribution in [0.15, 0.2) is 45.6 Å². The Labute approximate surface area is 169 Å². The molecule has 0 spiro atoms. The Balaban J connectivity index is 1.72. The number of hydrogen-bond acceptors (Lipinski definition) is 6. The van der Waals surface area contributed by atoms with Crippen molar-refractivity contribution in [3.8, 4) is 17.2 Å². The van der Waals surface area contributed by atoms with Gasteiger partial charge in [-0.1, -0.05) is 6.07 Å². The number of benzene rings is 2. The van der Waals surface area contributed by atoms with Crippen LogP contribution >= 0.6 is 0 Å². The molecule has 6 heteroatoms. The monoisotopic (exact) mass is 395 g/mol. The summed E-state index contributed by atoms with van der Waals surface area (Å²) >= 11 is 0. The molecule has 4 rings (SSSR count). The lowest BCUT2D eigenvalue weighted by Crippen LogP contribution is -2.24. The summed E-state index contributed by atoms with van der Waals surface area (Å²) in [7, 11) is 3.31. The molecule has 2 heterocycles. The summed E-state index contributed by atoms with van der Waals surface area (Å²) in [6.45, 7) is 3.30. The van der Waals surface area contributed by atoms with Gasteiger partial charge in [0, 0.05) is 41.2 Å². The molecule has 1 N–H and O–H groups in total. The molecular formula is C23H25NO5. The van der Waals surface area contributed by atoms with Crippen molar-refractivity contribution in [3.63, 3.8) is 0 Å². The molecule has 1 aromatic heterocycles. The molecule has 2 aromatic carbocycles. The third-order valence-electron chi connectivity index (χ3n) is 5.75. The summed E-state index contributed by atoms with van der Waals surface area (Å²) in [5.74, 6) is 1.69. The second-order valence-corrected chi connectivity index (χ2v) is 7.41. The van der Waals surface area contributed by atoms with E-state index < -0.39 is 5.63 Å². The highest BCUT2D eigenvalue weighted by Gasteiger charge is 2.29. The Morgan fingerprint density at radius 3 is 2.76 bits per heavy atom. The van der Waals surface area contributed by atoms with Crippen LogP contribution in [0.3, 0.4) is 0 Å². The molecule has 1 fully saturated rings. The van der Waals surface area contributed by atoms with Crippen LogP contribution in [0.5, 0.6) is 17.2 Å². The minimum atomic E-state index is -0.404. The smallest absolute Gasteiger partial charge is 0.336 e. The number of aromatic hydroxyl groups is 1. The van der Waals surface area contributed by atoms with Gasteiger partial charge in [-0.15, -0.1) is 0 Å². The van der Waals surface area contributed by atoms with Gasteiger partial charge in [0.25, 0.3) is 0 Å². The molecule has 0 saturated carbocycles. The maximum Gasteiger partial charge on any atom is 0.336 e. The molecule has 1 saturated heterocycles. The first-order chi connectivity index (χ1) is 14.0. The van der Waals surface area contributed by atoms with E-state index in [2.05, 4.69) is 11.0 Å². The van der Waals surface area contributed by atoms with E-state index in [-0.39, 0.29) is 11.8 Å². The molecule has 1 aliphatic rings. The normalized spacial score (nSPS) is 17.0. The quantitative estimate of drug-likeness (QED) is 0.654. The number of fused-ring (bicyclic) bond motifs is 1. The Morgan fingerprint density at radius 1 is 1.17 bits per heavy atom. The number of methoxy groups -OCH3 is 2. The molecule has 0 bridgehead atoms. The van der Waals surface area contributed by atoms with Gasteiger partial charge in [0.2, 0.25) is 0 Å². The molecule has 6 nitrogen and oxygen atoms in total. The zero-order valence-corrected chi connectivity index (χ0v) is 16.9. The van der Waals surface area contributed by atoms with Crippen LogP contribution in [0.25, 0.3) is 11.0 Å². The van der Waals surface area contributed by atoms with Crippen molar-refractivity contribution in [1.82, 2.24) is 4.90 Å². The molecule has 1 atom stereocenters. The predicted octanol–water partition coefficient (Wildman–Crippen LogP) is 4.16. The summed E-state index contributed by atoms with van der Waals surface area (Å²) in [6, 6.07) is 11.1. The molecule has 3 aromatic rings. The van der Waals surface area contributed by atoms with Crippen LogP contribution in [-0.2, 0) is 6.54 Å². The first-order valence-corrected chi connectivity index (χ1v) is 9.73. The Hall–Kier alpha value is -2.99. The van der Waals surface area contributed by atoms with Gasteiger partial charge in [0.1, 0.15) is 22.8 Å². The second kappa shape index (κ2) is 7.79. The fraction of sp³-hybridized carbons (Fsp3) is 0.348. The van der Waals surface area contributed by atoms with E-state index >= 15 is 0 Å². The van der Waals surface area contributed by atoms with E-state index in [0.717, 1.165) is 47.4 Å². The van der Waals surface area contributed by atoms with E-state index in [9.17, 15) is 9.90 Å². The summed E-state index contributed by atoms with van der Waals surface area (Å²) in [5, 5.41) is 10.8. The SMILES string of the molecule is COc1ccc([C@@H]2CCCN2Cc2cc(=O)oc3c(C)c(O)ccc23)c(OC)c1. The van der Waals surface area contributed by atoms with Crippen molar-refractivity contribution in [1.29, 1.82) is 0 Å². The summed E-state index contributed by atoms with van der Waals surface area (Å²) in [5.41, 5.74) is 2.64. The van der Waals surface area contributed by atoms with Crippen molar-refractivity contribution in [2.75, 3.05) is 20.8 Å². The standard InChI is InChI=1S/C23H25NO5/c1-14-20(25)9-8-17-15(11-22(26)29-23(14)17)13-24-10-4-5-19(24)18-7-6-16(27-2)12-21(18)28-3/h6-9,11-12,19,25H,4-5,10,13H2,1-3H3/t19-/m0/s1. The number of phenols is 1. The van der Waals surface area contributed by atoms with Crippen molar-refractivity contribution in [3.05, 3.63) is 63.5 Å². The third-order valence-corrected chi connectivity index (χ3v) is 5.75. The fourth-order valence-electron chi connectivity index (χ4n) is 4.23. The van der Waals surface area contributed by atoms with Gasteiger partial charge in [-0.3, -0.25) is 4.90 Å². The highest BCUT2D eigenvalue weighted by Crippen LogP contribution is 2.40. The summed E-state index contributed by atoms with van der Waals surface area (Å²) in [4.78, 5) is 14.5. The number of ether oxygens (including phenoxy) is 2. The topological polar surface area (TPSA) is 72.1 Å². The van der Waals surface area contributed by atoms with Crippen LogP contribution in [0.2, 0.25) is 0 Å². The lowest BCUT2D eigenvalue weighted by atomic mass is 10.0. The molecule has 1 aliphatic heterocycles. The van der Waals surface area contributed by atoms with Gasteiger partial charge in [-0.05, 0) is 50.1 Å². The number of rotatable bonds is 5. The van der Waals surface area contributed by atoms with E-state index in [0.29, 0.717) is 17.7 Å². The number of nitrogens with zero attached hydrogens (tertiary/aromatic N) is 1. The molecule has 29 heavy (non-hydrogen) atoms. The molecule has 152 valence electrons. The Morgan fingerprint density at radius 2 is 2.00 bits per heavy atom. The number of phenolic OH excluding ortho intramolecular Hbond substituents is 1. The third kappa shape index (κ3) is 3.56. The zero-order valence-electron chi connectivity index (χ0n) is 16.9. The van der Waals surface area contributed by atoms with Crippen LogP contribution in [-0.4, -0.2) is 30.8 Å². The second-order valence-electron chi connectivity index (χ2n) is 7.41. The van der Waals surface area contributed by atoms with Gasteiger partial charge in [0.05, 0.1) is 14.2 Å². The summed E-state index contributed by atoms with van der Waals surface area (Å²) < 4.78 is 16.3. The van der Waals surface area contributed by atoms with Gasteiger partial charge < -0.3 is 19.0 Å². The van der Waals surface area contributed by atoms with E-state index in [4.69, 9.17) is 13.9 Å². The van der Waals surface area contributed by atoms with Crippen LogP contribution in [0, 0.1) is 6.92 Å². The predicted molar refractivity (Wildman–Crippen MR) is 111 cm³/mol. The highest BCUT2D eigenvalue weighted by atomic mass is 16.5. The first-order valence-electron chi connectivity index (χ1n) is 9.73. The molecular weight excluding hydrogens is 370 g/mol. The van der Waals surface area contributed by atoms with Crippen molar-refractivity contribution in [2.45, 2.75) is 32.4 Å². The van der Waals surface area contributed by atoms with Crippen molar-refractivity contribution >= 4 is 11.0 Å². The Bertz CT molecular complexity index is 1100. The van der Waals surface area contributed by atoms with Crippen LogP contribution in [0.4, 0.5) is 0 Å². The van der Waals surface area contributed by atoms with Gasteiger partial charge in [0.15, 0.2) is 0 Å². The van der Waals surface area contributed by atoms with Crippen LogP contribution in [0.1, 0.15) is 35.6 Å². The molecule has 0 unspecified atom stereocenters. The minimum Gasteiger partial charge on any atom is -0.508 e. The lowest BCUT2D eigenvalue weighted by molar-refractivity contribution is 0.243. The summed E-state index contributed by atoms with van der Waals surface area (Å²) in [6.07, 6.45) is 2.08. The van der Waals surface area contributed by atoms with Gasteiger partial charge in [-0.2, -0.15) is 0 Å². The van der Waals surface area contributed by atoms with E-state index in [1.165, 1.54) is 0 Å². The number of likely N-dealkylation sites (tertiary alicyclic amines) is 1.